The van der Waals surface area contributed by atoms with Gasteiger partial charge < -0.3 is 19.5 Å². The van der Waals surface area contributed by atoms with Crippen molar-refractivity contribution in [1.29, 1.82) is 0 Å². The van der Waals surface area contributed by atoms with Crippen molar-refractivity contribution in [2.45, 2.75) is 123 Å². The maximum absolute atomic E-state index is 11.8. The molecule has 0 fully saturated rings. The first-order valence-electron chi connectivity index (χ1n) is 14.2. The number of Topliss-reactive ketones (excluding diaryl/α,β-unsaturated/α-hetero) is 1. The Kier molecular flexibility index (Phi) is 24.7. The highest BCUT2D eigenvalue weighted by atomic mass is 16.5. The fourth-order valence-electron chi connectivity index (χ4n) is 3.73. The van der Waals surface area contributed by atoms with Crippen molar-refractivity contribution in [3.05, 3.63) is 0 Å². The predicted molar refractivity (Wildman–Crippen MR) is 141 cm³/mol. The molecule has 8 heteroatoms. The predicted octanol–water partition coefficient (Wildman–Crippen LogP) is 5.45. The van der Waals surface area contributed by atoms with E-state index in [1.54, 1.807) is 0 Å². The minimum absolute atomic E-state index is 0.115. The number of carbonyl (C=O) groups is 4. The number of ketones is 1. The van der Waals surface area contributed by atoms with E-state index in [9.17, 15) is 19.2 Å². The van der Waals surface area contributed by atoms with E-state index >= 15 is 0 Å². The second-order valence-electron chi connectivity index (χ2n) is 9.35. The number of nitrogens with one attached hydrogen (secondary N) is 1. The van der Waals surface area contributed by atoms with Gasteiger partial charge in [-0.1, -0.05) is 90.4 Å². The molecule has 0 unspecified atom stereocenters. The molecule has 210 valence electrons. The van der Waals surface area contributed by atoms with Gasteiger partial charge in [-0.3, -0.25) is 14.4 Å². The molecule has 1 N–H and O–H groups in total. The SMILES string of the molecule is CCCCCCCCCCC(=O)C(=O)OCCCCCCCCCCOC(=O)CNCCOC(C)=O. The molecule has 0 spiro atoms. The fourth-order valence-corrected chi connectivity index (χ4v) is 3.73. The highest BCUT2D eigenvalue weighted by molar-refractivity contribution is 6.33. The third-order valence-corrected chi connectivity index (χ3v) is 5.87. The molecule has 0 aliphatic heterocycles. The summed E-state index contributed by atoms with van der Waals surface area (Å²) in [5, 5.41) is 2.86. The third kappa shape index (κ3) is 25.1. The Hall–Kier alpha value is -1.96. The van der Waals surface area contributed by atoms with Crippen molar-refractivity contribution >= 4 is 23.7 Å². The molecule has 8 nitrogen and oxygen atoms in total. The topological polar surface area (TPSA) is 108 Å². The number of carbonyl (C=O) groups excluding carboxylic acids is 4. The molecular weight excluding hydrogens is 462 g/mol. The molecular formula is C28H51NO7. The van der Waals surface area contributed by atoms with E-state index in [1.165, 1.54) is 39.0 Å². The fraction of sp³-hybridized carbons (Fsp3) is 0.857. The van der Waals surface area contributed by atoms with Gasteiger partial charge in [-0.15, -0.1) is 0 Å². The van der Waals surface area contributed by atoms with E-state index < -0.39 is 5.97 Å². The van der Waals surface area contributed by atoms with E-state index in [-0.39, 0.29) is 30.9 Å². The summed E-state index contributed by atoms with van der Waals surface area (Å²) in [6.45, 7) is 5.09. The minimum Gasteiger partial charge on any atom is -0.465 e. The molecule has 0 heterocycles. The van der Waals surface area contributed by atoms with Crippen LogP contribution in [0.4, 0.5) is 0 Å². The van der Waals surface area contributed by atoms with Crippen LogP contribution < -0.4 is 5.32 Å². The molecule has 0 aromatic rings. The van der Waals surface area contributed by atoms with Crippen LogP contribution in [0.3, 0.4) is 0 Å². The Labute approximate surface area is 218 Å². The molecule has 0 bridgehead atoms. The molecule has 0 radical (unpaired) electrons. The van der Waals surface area contributed by atoms with Crippen molar-refractivity contribution in [3.63, 3.8) is 0 Å². The van der Waals surface area contributed by atoms with Gasteiger partial charge in [0, 0.05) is 19.9 Å². The maximum Gasteiger partial charge on any atom is 0.374 e. The molecule has 0 aliphatic rings. The van der Waals surface area contributed by atoms with Gasteiger partial charge in [-0.05, 0) is 19.3 Å². The van der Waals surface area contributed by atoms with Crippen LogP contribution in [0.5, 0.6) is 0 Å². The molecule has 0 aromatic heterocycles. The summed E-state index contributed by atoms with van der Waals surface area (Å²) in [4.78, 5) is 45.8. The van der Waals surface area contributed by atoms with Gasteiger partial charge in [-0.2, -0.15) is 0 Å². The Morgan fingerprint density at radius 3 is 1.64 bits per heavy atom. The van der Waals surface area contributed by atoms with Crippen LogP contribution in [0.25, 0.3) is 0 Å². The van der Waals surface area contributed by atoms with Crippen LogP contribution in [-0.2, 0) is 33.4 Å². The van der Waals surface area contributed by atoms with Crippen LogP contribution in [0.1, 0.15) is 123 Å². The zero-order chi connectivity index (χ0) is 26.7. The van der Waals surface area contributed by atoms with Crippen LogP contribution >= 0.6 is 0 Å². The van der Waals surface area contributed by atoms with Gasteiger partial charge in [-0.25, -0.2) is 4.79 Å². The lowest BCUT2D eigenvalue weighted by Gasteiger charge is -2.07. The number of rotatable bonds is 26. The van der Waals surface area contributed by atoms with Crippen molar-refractivity contribution in [1.82, 2.24) is 5.32 Å². The van der Waals surface area contributed by atoms with Gasteiger partial charge in [0.15, 0.2) is 0 Å². The summed E-state index contributed by atoms with van der Waals surface area (Å²) in [6.07, 6.45) is 17.6. The molecule has 0 saturated carbocycles. The monoisotopic (exact) mass is 513 g/mol. The standard InChI is InChI=1S/C28H51NO7/c1-3-4-5-6-7-10-13-16-19-26(31)28(33)36-22-18-15-12-9-8-11-14-17-21-35-27(32)24-29-20-23-34-25(2)30/h29H,3-24H2,1-2H3. The largest absolute Gasteiger partial charge is 0.465 e. The normalized spacial score (nSPS) is 10.7. The molecule has 0 amide bonds. The molecule has 0 aliphatic carbocycles. The summed E-state index contributed by atoms with van der Waals surface area (Å²) in [5.74, 6) is -1.69. The maximum atomic E-state index is 11.8. The van der Waals surface area contributed by atoms with E-state index in [0.717, 1.165) is 70.6 Å². The molecule has 0 aromatic carbocycles. The summed E-state index contributed by atoms with van der Waals surface area (Å²) >= 11 is 0. The van der Waals surface area contributed by atoms with Crippen LogP contribution in [0.15, 0.2) is 0 Å². The summed E-state index contributed by atoms with van der Waals surface area (Å²) < 4.78 is 15.0. The summed E-state index contributed by atoms with van der Waals surface area (Å²) in [6, 6.07) is 0. The van der Waals surface area contributed by atoms with E-state index in [2.05, 4.69) is 12.2 Å². The van der Waals surface area contributed by atoms with Crippen LogP contribution in [-0.4, -0.2) is 56.6 Å². The van der Waals surface area contributed by atoms with Crippen molar-refractivity contribution in [2.75, 3.05) is 32.9 Å². The average molecular weight is 514 g/mol. The lowest BCUT2D eigenvalue weighted by atomic mass is 10.1. The molecule has 0 atom stereocenters. The lowest BCUT2D eigenvalue weighted by molar-refractivity contribution is -0.154. The first-order chi connectivity index (χ1) is 17.5. The number of hydrogen-bond donors (Lipinski definition) is 1. The van der Waals surface area contributed by atoms with Crippen molar-refractivity contribution < 1.29 is 33.4 Å². The quantitative estimate of drug-likeness (QED) is 0.0704. The van der Waals surface area contributed by atoms with E-state index in [1.807, 2.05) is 0 Å². The average Bonchev–Trinajstić information content (AvgIpc) is 2.85. The second-order valence-corrected chi connectivity index (χ2v) is 9.35. The van der Waals surface area contributed by atoms with Gasteiger partial charge >= 0.3 is 17.9 Å². The summed E-state index contributed by atoms with van der Waals surface area (Å²) in [5.41, 5.74) is 0. The first kappa shape index (κ1) is 34.0. The third-order valence-electron chi connectivity index (χ3n) is 5.87. The Bertz CT molecular complexity index is 580. The molecule has 36 heavy (non-hydrogen) atoms. The molecule has 0 saturated heterocycles. The van der Waals surface area contributed by atoms with Gasteiger partial charge in [0.05, 0.1) is 19.8 Å². The summed E-state index contributed by atoms with van der Waals surface area (Å²) in [7, 11) is 0. The van der Waals surface area contributed by atoms with Gasteiger partial charge in [0.25, 0.3) is 0 Å². The zero-order valence-corrected chi connectivity index (χ0v) is 22.9. The smallest absolute Gasteiger partial charge is 0.374 e. The highest BCUT2D eigenvalue weighted by Gasteiger charge is 2.14. The number of hydrogen-bond acceptors (Lipinski definition) is 8. The van der Waals surface area contributed by atoms with E-state index in [0.29, 0.717) is 26.2 Å². The van der Waals surface area contributed by atoms with Crippen LogP contribution in [0, 0.1) is 0 Å². The molecule has 0 rings (SSSR count). The van der Waals surface area contributed by atoms with Gasteiger partial charge in [0.1, 0.15) is 6.61 Å². The van der Waals surface area contributed by atoms with E-state index in [4.69, 9.17) is 14.2 Å². The number of unbranched alkanes of at least 4 members (excludes halogenated alkanes) is 14. The zero-order valence-electron chi connectivity index (χ0n) is 22.9. The number of esters is 3. The van der Waals surface area contributed by atoms with Crippen molar-refractivity contribution in [2.24, 2.45) is 0 Å². The Morgan fingerprint density at radius 1 is 0.583 bits per heavy atom. The Morgan fingerprint density at radius 2 is 1.08 bits per heavy atom. The number of ether oxygens (including phenoxy) is 3. The van der Waals surface area contributed by atoms with Crippen LogP contribution in [0.2, 0.25) is 0 Å². The Balaban J connectivity index is 3.36. The lowest BCUT2D eigenvalue weighted by Crippen LogP contribution is -2.28. The first-order valence-corrected chi connectivity index (χ1v) is 14.2. The second kappa shape index (κ2) is 26.1. The highest BCUT2D eigenvalue weighted by Crippen LogP contribution is 2.11. The minimum atomic E-state index is -0.670. The van der Waals surface area contributed by atoms with Crippen molar-refractivity contribution in [3.8, 4) is 0 Å². The van der Waals surface area contributed by atoms with Gasteiger partial charge in [0.2, 0.25) is 5.78 Å².